The number of carbonyl (C=O) groups excluding carboxylic acids is 1. The maximum Gasteiger partial charge on any atom is 0.340 e. The van der Waals surface area contributed by atoms with Gasteiger partial charge in [-0.25, -0.2) is 4.79 Å². The predicted octanol–water partition coefficient (Wildman–Crippen LogP) is 6.41. The van der Waals surface area contributed by atoms with E-state index in [0.717, 1.165) is 63.9 Å². The van der Waals surface area contributed by atoms with Crippen LogP contribution in [0.25, 0.3) is 10.9 Å². The van der Waals surface area contributed by atoms with Gasteiger partial charge in [-0.1, -0.05) is 43.7 Å². The highest BCUT2D eigenvalue weighted by atomic mass is 16.6. The van der Waals surface area contributed by atoms with Gasteiger partial charge in [0.1, 0.15) is 0 Å². The van der Waals surface area contributed by atoms with Gasteiger partial charge in [-0.05, 0) is 55.7 Å². The fraction of sp³-hybridized carbons (Fsp3) is 0.323. The van der Waals surface area contributed by atoms with Gasteiger partial charge in [0.25, 0.3) is 0 Å². The summed E-state index contributed by atoms with van der Waals surface area (Å²) in [6.45, 7) is 4.31. The van der Waals surface area contributed by atoms with Gasteiger partial charge in [-0.3, -0.25) is 0 Å². The van der Waals surface area contributed by atoms with Crippen molar-refractivity contribution in [1.82, 2.24) is 4.98 Å². The lowest BCUT2D eigenvalue weighted by atomic mass is 9.77. The van der Waals surface area contributed by atoms with Crippen LogP contribution < -0.4 is 9.80 Å². The molecular weight excluding hydrogens is 446 g/mol. The van der Waals surface area contributed by atoms with Crippen molar-refractivity contribution in [1.29, 1.82) is 0 Å². The first kappa shape index (κ1) is 24.0. The van der Waals surface area contributed by atoms with Gasteiger partial charge in [-0.15, -0.1) is 0 Å². The van der Waals surface area contributed by atoms with Crippen LogP contribution in [-0.4, -0.2) is 39.1 Å². The summed E-state index contributed by atoms with van der Waals surface area (Å²) in [5, 5.41) is 1.16. The molecule has 5 heteroatoms. The molecule has 0 saturated heterocycles. The van der Waals surface area contributed by atoms with Crippen LogP contribution in [0, 0.1) is 6.92 Å². The third kappa shape index (κ3) is 3.65. The second kappa shape index (κ2) is 9.05. The van der Waals surface area contributed by atoms with Gasteiger partial charge in [-0.2, -0.15) is 0 Å². The molecule has 0 amide bonds. The smallest absolute Gasteiger partial charge is 0.340 e. The Morgan fingerprint density at radius 3 is 2.28 bits per heavy atom. The fourth-order valence-corrected chi connectivity index (χ4v) is 5.54. The maximum absolute atomic E-state index is 13.5. The summed E-state index contributed by atoms with van der Waals surface area (Å²) in [4.78, 5) is 21.2. The largest absolute Gasteiger partial charge is 0.440 e. The fourth-order valence-electron chi connectivity index (χ4n) is 5.54. The van der Waals surface area contributed by atoms with E-state index >= 15 is 0 Å². The third-order valence-electron chi connectivity index (χ3n) is 7.40. The van der Waals surface area contributed by atoms with Crippen molar-refractivity contribution in [3.05, 3.63) is 94.2 Å². The molecule has 5 rings (SSSR count). The second-order valence-corrected chi connectivity index (χ2v) is 10.2. The first-order valence-corrected chi connectivity index (χ1v) is 12.7. The molecular formula is C31H35N3O2. The zero-order valence-electron chi connectivity index (χ0n) is 22.1. The van der Waals surface area contributed by atoms with Crippen molar-refractivity contribution >= 4 is 28.2 Å². The molecule has 0 radical (unpaired) electrons. The molecule has 0 saturated carbocycles. The SMILES string of the molecule is CCCCc1cccc2[nH]c(C)c(C3(c4ccc(N(C)C)cc4)OC(=O)c4cc(N(C)C)ccc43)c12. The number of unbranched alkanes of at least 4 members (excludes halogenated alkanes) is 1. The number of esters is 1. The van der Waals surface area contributed by atoms with E-state index < -0.39 is 5.60 Å². The number of aryl methyl sites for hydroxylation is 2. The first-order valence-electron chi connectivity index (χ1n) is 12.7. The van der Waals surface area contributed by atoms with Crippen molar-refractivity contribution in [2.24, 2.45) is 0 Å². The summed E-state index contributed by atoms with van der Waals surface area (Å²) >= 11 is 0. The molecule has 1 atom stereocenters. The first-order chi connectivity index (χ1) is 17.3. The minimum atomic E-state index is -1.03. The van der Waals surface area contributed by atoms with Crippen LogP contribution in [0.4, 0.5) is 11.4 Å². The average Bonchev–Trinajstić information content (AvgIpc) is 3.36. The van der Waals surface area contributed by atoms with Crippen molar-refractivity contribution in [2.75, 3.05) is 38.0 Å². The highest BCUT2D eigenvalue weighted by Crippen LogP contribution is 2.51. The topological polar surface area (TPSA) is 48.6 Å². The summed E-state index contributed by atoms with van der Waals surface area (Å²) in [6.07, 6.45) is 3.21. The highest BCUT2D eigenvalue weighted by molar-refractivity contribution is 6.00. The number of aromatic nitrogens is 1. The number of benzene rings is 3. The quantitative estimate of drug-likeness (QED) is 0.310. The van der Waals surface area contributed by atoms with E-state index in [1.165, 1.54) is 5.56 Å². The minimum Gasteiger partial charge on any atom is -0.440 e. The van der Waals surface area contributed by atoms with Gasteiger partial charge >= 0.3 is 5.97 Å². The molecule has 0 fully saturated rings. The van der Waals surface area contributed by atoms with Crippen LogP contribution in [-0.2, 0) is 16.8 Å². The second-order valence-electron chi connectivity index (χ2n) is 10.2. The maximum atomic E-state index is 13.5. The lowest BCUT2D eigenvalue weighted by Gasteiger charge is -2.31. The summed E-state index contributed by atoms with van der Waals surface area (Å²) in [5.41, 5.74) is 7.92. The summed E-state index contributed by atoms with van der Waals surface area (Å²) in [7, 11) is 8.03. The normalized spacial score (nSPS) is 16.8. The number of hydrogen-bond donors (Lipinski definition) is 1. The molecule has 1 N–H and O–H groups in total. The number of nitrogens with one attached hydrogen (secondary N) is 1. The van der Waals surface area contributed by atoms with Crippen molar-refractivity contribution < 1.29 is 9.53 Å². The zero-order chi connectivity index (χ0) is 25.6. The Labute approximate surface area is 213 Å². The summed E-state index contributed by atoms with van der Waals surface area (Å²) < 4.78 is 6.54. The van der Waals surface area contributed by atoms with E-state index in [9.17, 15) is 4.79 Å². The number of H-pyrrole nitrogens is 1. The predicted molar refractivity (Wildman–Crippen MR) is 148 cm³/mol. The zero-order valence-corrected chi connectivity index (χ0v) is 22.1. The molecule has 4 aromatic rings. The van der Waals surface area contributed by atoms with Crippen LogP contribution in [0.2, 0.25) is 0 Å². The number of cyclic esters (lactones) is 1. The molecule has 0 spiro atoms. The van der Waals surface area contributed by atoms with Crippen LogP contribution in [0.1, 0.15) is 58.1 Å². The lowest BCUT2D eigenvalue weighted by molar-refractivity contribution is 0.0254. The van der Waals surface area contributed by atoms with Crippen LogP contribution in [0.3, 0.4) is 0 Å². The molecule has 1 aliphatic rings. The van der Waals surface area contributed by atoms with Gasteiger partial charge < -0.3 is 19.5 Å². The molecule has 1 aromatic heterocycles. The third-order valence-corrected chi connectivity index (χ3v) is 7.40. The Hall–Kier alpha value is -3.73. The number of hydrogen-bond acceptors (Lipinski definition) is 4. The summed E-state index contributed by atoms with van der Waals surface area (Å²) in [6, 6.07) is 20.9. The average molecular weight is 482 g/mol. The number of nitrogens with zero attached hydrogens (tertiary/aromatic N) is 2. The van der Waals surface area contributed by atoms with E-state index in [1.54, 1.807) is 0 Å². The Balaban J connectivity index is 1.85. The van der Waals surface area contributed by atoms with Crippen LogP contribution in [0.5, 0.6) is 0 Å². The molecule has 36 heavy (non-hydrogen) atoms. The number of aromatic amines is 1. The minimum absolute atomic E-state index is 0.287. The van der Waals surface area contributed by atoms with E-state index in [1.807, 2.05) is 39.2 Å². The lowest BCUT2D eigenvalue weighted by Crippen LogP contribution is -2.30. The van der Waals surface area contributed by atoms with E-state index in [-0.39, 0.29) is 5.97 Å². The number of anilines is 2. The van der Waals surface area contributed by atoms with Crippen molar-refractivity contribution in [2.45, 2.75) is 38.7 Å². The van der Waals surface area contributed by atoms with Gasteiger partial charge in [0.15, 0.2) is 5.60 Å². The van der Waals surface area contributed by atoms with Gasteiger partial charge in [0, 0.05) is 72.9 Å². The number of fused-ring (bicyclic) bond motifs is 2. The van der Waals surface area contributed by atoms with E-state index in [4.69, 9.17) is 4.74 Å². The monoisotopic (exact) mass is 481 g/mol. The van der Waals surface area contributed by atoms with E-state index in [2.05, 4.69) is 78.3 Å². The Bertz CT molecular complexity index is 1430. The van der Waals surface area contributed by atoms with Gasteiger partial charge in [0.05, 0.1) is 5.56 Å². The number of ether oxygens (including phenoxy) is 1. The molecule has 1 aliphatic heterocycles. The highest BCUT2D eigenvalue weighted by Gasteiger charge is 2.51. The van der Waals surface area contributed by atoms with Crippen LogP contribution >= 0.6 is 0 Å². The Kier molecular flexibility index (Phi) is 6.03. The molecule has 3 aromatic carbocycles. The van der Waals surface area contributed by atoms with Crippen molar-refractivity contribution in [3.63, 3.8) is 0 Å². The van der Waals surface area contributed by atoms with Crippen LogP contribution in [0.15, 0.2) is 60.7 Å². The Morgan fingerprint density at radius 2 is 1.61 bits per heavy atom. The number of carbonyl (C=O) groups is 1. The van der Waals surface area contributed by atoms with Gasteiger partial charge in [0.2, 0.25) is 0 Å². The number of rotatable bonds is 7. The molecule has 0 aliphatic carbocycles. The summed E-state index contributed by atoms with van der Waals surface area (Å²) in [5.74, 6) is -0.287. The molecule has 2 heterocycles. The van der Waals surface area contributed by atoms with E-state index in [0.29, 0.717) is 5.56 Å². The molecule has 0 bridgehead atoms. The molecule has 1 unspecified atom stereocenters. The molecule has 186 valence electrons. The standard InChI is InChI=1S/C31H35N3O2/c1-7-8-10-21-11-9-12-27-28(21)29(20(2)32-27)31(22-13-15-23(16-14-22)33(3)4)26-18-17-24(34(5)6)19-25(26)30(35)36-31/h9,11-19,32H,7-8,10H2,1-6H3. The Morgan fingerprint density at radius 1 is 0.917 bits per heavy atom. The van der Waals surface area contributed by atoms with Crippen molar-refractivity contribution in [3.8, 4) is 0 Å². The molecule has 5 nitrogen and oxygen atoms in total.